The van der Waals surface area contributed by atoms with Crippen LogP contribution in [0.1, 0.15) is 117 Å². The summed E-state index contributed by atoms with van der Waals surface area (Å²) in [6.45, 7) is 4.49. The van der Waals surface area contributed by atoms with Crippen LogP contribution in [0, 0.1) is 22.7 Å². The van der Waals surface area contributed by atoms with E-state index < -0.39 is 22.8 Å². The van der Waals surface area contributed by atoms with Crippen LogP contribution >= 0.6 is 0 Å². The number of rotatable bonds is 11. The molecule has 2 aliphatic rings. The molecule has 0 aromatic rings. The lowest BCUT2D eigenvalue weighted by Gasteiger charge is -2.53. The molecule has 0 saturated heterocycles. The van der Waals surface area contributed by atoms with E-state index in [0.29, 0.717) is 19.3 Å². The Balaban J connectivity index is 2.10. The molecule has 0 aromatic carbocycles. The number of unbranched alkanes of at least 4 members (excludes halogenated alkanes) is 4. The quantitative estimate of drug-likeness (QED) is 0.384. The van der Waals surface area contributed by atoms with Gasteiger partial charge in [0.25, 0.3) is 0 Å². The molecule has 162 valence electrons. The predicted octanol–water partition coefficient (Wildman–Crippen LogP) is 6.67. The Morgan fingerprint density at radius 1 is 0.821 bits per heavy atom. The Bertz CT molecular complexity index is 509. The maximum atomic E-state index is 12.7. The summed E-state index contributed by atoms with van der Waals surface area (Å²) >= 11 is 0. The van der Waals surface area contributed by atoms with E-state index in [4.69, 9.17) is 0 Å². The van der Waals surface area contributed by atoms with Crippen molar-refractivity contribution in [2.75, 3.05) is 0 Å². The van der Waals surface area contributed by atoms with Gasteiger partial charge < -0.3 is 10.2 Å². The summed E-state index contributed by atoms with van der Waals surface area (Å²) in [4.78, 5) is 25.3. The van der Waals surface area contributed by atoms with Crippen molar-refractivity contribution in [2.45, 2.75) is 117 Å². The van der Waals surface area contributed by atoms with E-state index in [9.17, 15) is 19.8 Å². The first-order valence-corrected chi connectivity index (χ1v) is 11.8. The molecule has 2 atom stereocenters. The fraction of sp³-hybridized carbons (Fsp3) is 0.917. The summed E-state index contributed by atoms with van der Waals surface area (Å²) in [5.74, 6) is -0.913. The van der Waals surface area contributed by atoms with Gasteiger partial charge in [0.1, 0.15) is 0 Å². The molecule has 2 saturated carbocycles. The Kier molecular flexibility index (Phi) is 8.82. The maximum Gasteiger partial charge on any atom is 0.311 e. The van der Waals surface area contributed by atoms with Crippen LogP contribution in [0.15, 0.2) is 0 Å². The van der Waals surface area contributed by atoms with Crippen LogP contribution < -0.4 is 0 Å². The van der Waals surface area contributed by atoms with Gasteiger partial charge in [-0.05, 0) is 43.9 Å². The minimum Gasteiger partial charge on any atom is -0.481 e. The number of carboxylic acids is 2. The van der Waals surface area contributed by atoms with E-state index in [1.807, 2.05) is 0 Å². The molecule has 0 heterocycles. The molecule has 28 heavy (non-hydrogen) atoms. The molecule has 2 unspecified atom stereocenters. The number of hydrogen-bond acceptors (Lipinski definition) is 2. The van der Waals surface area contributed by atoms with Gasteiger partial charge in [-0.1, -0.05) is 84.5 Å². The molecule has 4 heteroatoms. The van der Waals surface area contributed by atoms with Crippen molar-refractivity contribution in [1.29, 1.82) is 0 Å². The molecule has 0 spiro atoms. The summed E-state index contributed by atoms with van der Waals surface area (Å²) in [6.07, 6.45) is 15.0. The first-order chi connectivity index (χ1) is 13.4. The minimum absolute atomic E-state index is 0.0289. The second kappa shape index (κ2) is 10.6. The highest BCUT2D eigenvalue weighted by Gasteiger charge is 2.64. The van der Waals surface area contributed by atoms with Gasteiger partial charge in [0, 0.05) is 0 Å². The number of carbonyl (C=O) groups is 2. The second-order valence-corrected chi connectivity index (χ2v) is 9.91. The van der Waals surface area contributed by atoms with Crippen molar-refractivity contribution in [3.63, 3.8) is 0 Å². The normalized spacial score (nSPS) is 29.1. The topological polar surface area (TPSA) is 74.6 Å². The van der Waals surface area contributed by atoms with Gasteiger partial charge in [-0.25, -0.2) is 0 Å². The molecule has 2 aliphatic carbocycles. The molecule has 0 bridgehead atoms. The van der Waals surface area contributed by atoms with Crippen molar-refractivity contribution < 1.29 is 19.8 Å². The summed E-state index contributed by atoms with van der Waals surface area (Å²) in [5.41, 5.74) is -2.13. The first kappa shape index (κ1) is 23.2. The molecule has 2 rings (SSSR count). The van der Waals surface area contributed by atoms with Crippen LogP contribution in [0.25, 0.3) is 0 Å². The van der Waals surface area contributed by atoms with Gasteiger partial charge in [0.2, 0.25) is 0 Å². The molecule has 0 aromatic heterocycles. The second-order valence-electron chi connectivity index (χ2n) is 9.91. The van der Waals surface area contributed by atoms with E-state index >= 15 is 0 Å². The number of hydrogen-bond donors (Lipinski definition) is 2. The average Bonchev–Trinajstić information content (AvgIpc) is 2.67. The van der Waals surface area contributed by atoms with Crippen molar-refractivity contribution in [2.24, 2.45) is 22.7 Å². The summed E-state index contributed by atoms with van der Waals surface area (Å²) in [6, 6.07) is 0. The molecular formula is C24H42O4. The van der Waals surface area contributed by atoms with E-state index in [1.54, 1.807) is 0 Å². The monoisotopic (exact) mass is 394 g/mol. The molecule has 0 amide bonds. The van der Waals surface area contributed by atoms with E-state index in [1.165, 1.54) is 19.3 Å². The van der Waals surface area contributed by atoms with Crippen LogP contribution in [0.2, 0.25) is 0 Å². The Labute approximate surface area is 171 Å². The molecular weight excluding hydrogens is 352 g/mol. The molecule has 2 fully saturated rings. The molecule has 0 radical (unpaired) electrons. The first-order valence-electron chi connectivity index (χ1n) is 11.8. The van der Waals surface area contributed by atoms with Crippen molar-refractivity contribution >= 4 is 11.9 Å². The lowest BCUT2D eigenvalue weighted by molar-refractivity contribution is -0.190. The lowest BCUT2D eigenvalue weighted by Crippen LogP contribution is -2.58. The van der Waals surface area contributed by atoms with Gasteiger partial charge >= 0.3 is 11.9 Å². The summed E-state index contributed by atoms with van der Waals surface area (Å²) in [5, 5.41) is 20.7. The molecule has 4 nitrogen and oxygen atoms in total. The molecule has 2 N–H and O–H groups in total. The molecule has 0 aliphatic heterocycles. The minimum atomic E-state index is -1.07. The van der Waals surface area contributed by atoms with Crippen LogP contribution in [-0.4, -0.2) is 22.2 Å². The zero-order chi connectivity index (χ0) is 20.6. The Morgan fingerprint density at radius 3 is 2.04 bits per heavy atom. The zero-order valence-corrected chi connectivity index (χ0v) is 18.2. The summed E-state index contributed by atoms with van der Waals surface area (Å²) < 4.78 is 0. The standard InChI is InChI=1S/C24H42O4/c1-19(2)13-7-4-3-5-10-16-23(21(25)26)17-11-12-18-24(23,22(27)28)20-14-8-6-9-15-20/h19-20H,3-18H2,1-2H3,(H,25,26)(H,27,28). The van der Waals surface area contributed by atoms with Crippen molar-refractivity contribution in [3.05, 3.63) is 0 Å². The van der Waals surface area contributed by atoms with E-state index in [2.05, 4.69) is 13.8 Å². The van der Waals surface area contributed by atoms with Crippen LogP contribution in [0.4, 0.5) is 0 Å². The number of carboxylic acid groups (broad SMARTS) is 2. The zero-order valence-electron chi connectivity index (χ0n) is 18.2. The third-order valence-corrected chi connectivity index (χ3v) is 7.76. The van der Waals surface area contributed by atoms with Gasteiger partial charge in [-0.2, -0.15) is 0 Å². The predicted molar refractivity (Wildman–Crippen MR) is 112 cm³/mol. The fourth-order valence-electron chi connectivity index (χ4n) is 6.23. The average molecular weight is 395 g/mol. The van der Waals surface area contributed by atoms with E-state index in [0.717, 1.165) is 70.1 Å². The van der Waals surface area contributed by atoms with Gasteiger partial charge in [-0.3, -0.25) is 9.59 Å². The van der Waals surface area contributed by atoms with Gasteiger partial charge in [-0.15, -0.1) is 0 Å². The highest BCUT2D eigenvalue weighted by molar-refractivity contribution is 5.87. The third-order valence-electron chi connectivity index (χ3n) is 7.76. The van der Waals surface area contributed by atoms with Gasteiger partial charge in [0.05, 0.1) is 10.8 Å². The van der Waals surface area contributed by atoms with Gasteiger partial charge in [0.15, 0.2) is 0 Å². The largest absolute Gasteiger partial charge is 0.481 e. The Morgan fingerprint density at radius 2 is 1.43 bits per heavy atom. The van der Waals surface area contributed by atoms with Crippen molar-refractivity contribution in [3.8, 4) is 0 Å². The SMILES string of the molecule is CC(C)CCCCCCCC1(C(=O)O)CCCCC1(C(=O)O)C1CCCCC1. The Hall–Kier alpha value is -1.06. The number of aliphatic carboxylic acids is 2. The van der Waals surface area contributed by atoms with Crippen molar-refractivity contribution in [1.82, 2.24) is 0 Å². The van der Waals surface area contributed by atoms with Crippen LogP contribution in [0.5, 0.6) is 0 Å². The third kappa shape index (κ3) is 4.91. The maximum absolute atomic E-state index is 12.7. The van der Waals surface area contributed by atoms with Crippen LogP contribution in [0.3, 0.4) is 0 Å². The lowest BCUT2D eigenvalue weighted by atomic mass is 9.47. The fourth-order valence-corrected chi connectivity index (χ4v) is 6.23. The smallest absolute Gasteiger partial charge is 0.311 e. The highest BCUT2D eigenvalue weighted by Crippen LogP contribution is 2.60. The van der Waals surface area contributed by atoms with E-state index in [-0.39, 0.29) is 5.92 Å². The highest BCUT2D eigenvalue weighted by atomic mass is 16.4. The van der Waals surface area contributed by atoms with Crippen LogP contribution in [-0.2, 0) is 9.59 Å². The summed E-state index contributed by atoms with van der Waals surface area (Å²) in [7, 11) is 0.